The van der Waals surface area contributed by atoms with E-state index in [9.17, 15) is 4.79 Å². The van der Waals surface area contributed by atoms with Crippen molar-refractivity contribution in [1.29, 1.82) is 0 Å². The minimum Gasteiger partial charge on any atom is -0.383 e. The van der Waals surface area contributed by atoms with Crippen LogP contribution in [0.3, 0.4) is 0 Å². The van der Waals surface area contributed by atoms with E-state index in [4.69, 9.17) is 4.74 Å². The first-order valence-electron chi connectivity index (χ1n) is 7.83. The highest BCUT2D eigenvalue weighted by Gasteiger charge is 2.17. The van der Waals surface area contributed by atoms with Crippen LogP contribution in [0.15, 0.2) is 5.38 Å². The lowest BCUT2D eigenvalue weighted by Crippen LogP contribution is -2.33. The zero-order chi connectivity index (χ0) is 15.8. The van der Waals surface area contributed by atoms with Crippen LogP contribution < -0.4 is 10.6 Å². The van der Waals surface area contributed by atoms with Gasteiger partial charge in [0.2, 0.25) is 5.91 Å². The largest absolute Gasteiger partial charge is 0.383 e. The summed E-state index contributed by atoms with van der Waals surface area (Å²) in [6, 6.07) is 0. The van der Waals surface area contributed by atoms with Crippen molar-refractivity contribution >= 4 is 47.2 Å². The highest BCUT2D eigenvalue weighted by Crippen LogP contribution is 2.20. The van der Waals surface area contributed by atoms with Gasteiger partial charge in [0, 0.05) is 32.1 Å². The van der Waals surface area contributed by atoms with Crippen molar-refractivity contribution in [3.8, 4) is 0 Å². The predicted octanol–water partition coefficient (Wildman–Crippen LogP) is 2.39. The molecular formula is C15H28Cl2N4O2S. The molecule has 0 aromatic carbocycles. The molecule has 1 aliphatic heterocycles. The summed E-state index contributed by atoms with van der Waals surface area (Å²) in [6.45, 7) is 7.01. The number of methoxy groups -OCH3 is 1. The molecule has 0 spiro atoms. The third kappa shape index (κ3) is 8.60. The molecule has 1 atom stereocenters. The monoisotopic (exact) mass is 398 g/mol. The van der Waals surface area contributed by atoms with Gasteiger partial charge in [-0.05, 0) is 25.3 Å². The average Bonchev–Trinajstić information content (AvgIpc) is 2.91. The van der Waals surface area contributed by atoms with Crippen LogP contribution in [-0.2, 0) is 16.1 Å². The van der Waals surface area contributed by atoms with Crippen molar-refractivity contribution in [3.63, 3.8) is 0 Å². The number of thiazole rings is 1. The Morgan fingerprint density at radius 3 is 3.00 bits per heavy atom. The van der Waals surface area contributed by atoms with E-state index in [1.165, 1.54) is 24.2 Å². The second-order valence-electron chi connectivity index (χ2n) is 5.84. The zero-order valence-corrected chi connectivity index (χ0v) is 16.7. The molecule has 2 N–H and O–H groups in total. The Bertz CT molecular complexity index is 476. The predicted molar refractivity (Wildman–Crippen MR) is 104 cm³/mol. The van der Waals surface area contributed by atoms with Crippen LogP contribution in [0.25, 0.3) is 0 Å². The molecule has 1 amide bonds. The normalized spacial score (nSPS) is 17.7. The fourth-order valence-electron chi connectivity index (χ4n) is 2.64. The summed E-state index contributed by atoms with van der Waals surface area (Å²) in [5.41, 5.74) is 1.04. The van der Waals surface area contributed by atoms with Gasteiger partial charge in [0.1, 0.15) is 0 Å². The highest BCUT2D eigenvalue weighted by molar-refractivity contribution is 7.13. The first-order chi connectivity index (χ1) is 10.7. The Kier molecular flexibility index (Phi) is 12.6. The molecule has 0 saturated carbocycles. The van der Waals surface area contributed by atoms with E-state index in [0.717, 1.165) is 31.2 Å². The number of piperidine rings is 1. The Labute approximate surface area is 160 Å². The summed E-state index contributed by atoms with van der Waals surface area (Å²) in [7, 11) is 1.64. The molecule has 1 aromatic heterocycles. The van der Waals surface area contributed by atoms with Crippen LogP contribution in [0.4, 0.5) is 5.13 Å². The second kappa shape index (κ2) is 12.9. The summed E-state index contributed by atoms with van der Waals surface area (Å²) in [6.07, 6.45) is 2.59. The van der Waals surface area contributed by atoms with Crippen molar-refractivity contribution in [1.82, 2.24) is 15.2 Å². The number of halogens is 2. The van der Waals surface area contributed by atoms with Crippen LogP contribution in [0.2, 0.25) is 0 Å². The molecule has 24 heavy (non-hydrogen) atoms. The number of aromatic nitrogens is 1. The molecule has 0 bridgehead atoms. The Morgan fingerprint density at radius 2 is 2.29 bits per heavy atom. The number of nitrogens with one attached hydrogen (secondary N) is 2. The Morgan fingerprint density at radius 1 is 1.50 bits per heavy atom. The SMILES string of the molecule is COCCNCC(=O)Nc1nc(CN2CCCC(C)C2)cs1.Cl.Cl. The number of likely N-dealkylation sites (tertiary alicyclic amines) is 1. The van der Waals surface area contributed by atoms with Crippen LogP contribution >= 0.6 is 36.2 Å². The minimum atomic E-state index is -0.0661. The Hall–Kier alpha value is -0.440. The summed E-state index contributed by atoms with van der Waals surface area (Å²) in [5.74, 6) is 0.702. The fraction of sp³-hybridized carbons (Fsp3) is 0.733. The van der Waals surface area contributed by atoms with Crippen LogP contribution in [0, 0.1) is 5.92 Å². The highest BCUT2D eigenvalue weighted by atomic mass is 35.5. The number of carbonyl (C=O) groups is 1. The standard InChI is InChI=1S/C15H26N4O2S.2ClH/c1-12-4-3-6-19(9-12)10-13-11-22-15(17-13)18-14(20)8-16-5-7-21-2;;/h11-12,16H,3-10H2,1-2H3,(H,17,18,20);2*1H. The van der Waals surface area contributed by atoms with Gasteiger partial charge < -0.3 is 15.4 Å². The Balaban J connectivity index is 0.00000264. The third-order valence-electron chi connectivity index (χ3n) is 3.69. The molecule has 1 aliphatic rings. The maximum atomic E-state index is 11.8. The molecular weight excluding hydrogens is 371 g/mol. The van der Waals surface area contributed by atoms with Gasteiger partial charge in [0.15, 0.2) is 5.13 Å². The zero-order valence-electron chi connectivity index (χ0n) is 14.2. The van der Waals surface area contributed by atoms with Gasteiger partial charge in [0.25, 0.3) is 0 Å². The van der Waals surface area contributed by atoms with E-state index in [2.05, 4.69) is 27.4 Å². The fourth-order valence-corrected chi connectivity index (χ4v) is 3.35. The first kappa shape index (κ1) is 23.6. The molecule has 140 valence electrons. The molecule has 9 heteroatoms. The molecule has 2 heterocycles. The van der Waals surface area contributed by atoms with E-state index in [0.29, 0.717) is 18.3 Å². The smallest absolute Gasteiger partial charge is 0.240 e. The number of nitrogens with zero attached hydrogens (tertiary/aromatic N) is 2. The van der Waals surface area contributed by atoms with Gasteiger partial charge in [-0.25, -0.2) is 4.98 Å². The number of anilines is 1. The molecule has 0 radical (unpaired) electrons. The van der Waals surface area contributed by atoms with E-state index in [1.807, 2.05) is 5.38 Å². The number of rotatable bonds is 8. The maximum Gasteiger partial charge on any atom is 0.240 e. The quantitative estimate of drug-likeness (QED) is 0.658. The van der Waals surface area contributed by atoms with Gasteiger partial charge >= 0.3 is 0 Å². The van der Waals surface area contributed by atoms with Crippen molar-refractivity contribution in [2.75, 3.05) is 45.2 Å². The third-order valence-corrected chi connectivity index (χ3v) is 4.50. The van der Waals surface area contributed by atoms with Crippen LogP contribution in [-0.4, -0.2) is 55.7 Å². The van der Waals surface area contributed by atoms with E-state index in [1.54, 1.807) is 7.11 Å². The van der Waals surface area contributed by atoms with Gasteiger partial charge in [-0.1, -0.05) is 6.92 Å². The van der Waals surface area contributed by atoms with Gasteiger partial charge in [-0.2, -0.15) is 0 Å². The van der Waals surface area contributed by atoms with Crippen molar-refractivity contribution in [2.24, 2.45) is 5.92 Å². The summed E-state index contributed by atoms with van der Waals surface area (Å²) >= 11 is 1.49. The van der Waals surface area contributed by atoms with Crippen molar-refractivity contribution in [2.45, 2.75) is 26.3 Å². The molecule has 6 nitrogen and oxygen atoms in total. The lowest BCUT2D eigenvalue weighted by molar-refractivity contribution is -0.115. The summed E-state index contributed by atoms with van der Waals surface area (Å²) < 4.78 is 4.92. The van der Waals surface area contributed by atoms with Gasteiger partial charge in [-0.3, -0.25) is 9.69 Å². The van der Waals surface area contributed by atoms with Crippen LogP contribution in [0.5, 0.6) is 0 Å². The summed E-state index contributed by atoms with van der Waals surface area (Å²) in [4.78, 5) is 18.7. The van der Waals surface area contributed by atoms with Gasteiger partial charge in [-0.15, -0.1) is 36.2 Å². The van der Waals surface area contributed by atoms with Crippen molar-refractivity contribution < 1.29 is 9.53 Å². The maximum absolute atomic E-state index is 11.8. The number of hydrogen-bond acceptors (Lipinski definition) is 6. The minimum absolute atomic E-state index is 0. The first-order valence-corrected chi connectivity index (χ1v) is 8.71. The van der Waals surface area contributed by atoms with Crippen LogP contribution in [0.1, 0.15) is 25.5 Å². The molecule has 2 rings (SSSR count). The van der Waals surface area contributed by atoms with E-state index < -0.39 is 0 Å². The summed E-state index contributed by atoms with van der Waals surface area (Å²) in [5, 5.41) is 8.56. The molecule has 1 unspecified atom stereocenters. The number of amides is 1. The number of carbonyl (C=O) groups excluding carboxylic acids is 1. The second-order valence-corrected chi connectivity index (χ2v) is 6.70. The van der Waals surface area contributed by atoms with E-state index >= 15 is 0 Å². The average molecular weight is 399 g/mol. The van der Waals surface area contributed by atoms with E-state index in [-0.39, 0.29) is 37.3 Å². The van der Waals surface area contributed by atoms with Gasteiger partial charge in [0.05, 0.1) is 18.8 Å². The molecule has 1 saturated heterocycles. The number of hydrogen-bond donors (Lipinski definition) is 2. The molecule has 0 aliphatic carbocycles. The molecule has 1 fully saturated rings. The lowest BCUT2D eigenvalue weighted by atomic mass is 10.0. The van der Waals surface area contributed by atoms with Crippen molar-refractivity contribution in [3.05, 3.63) is 11.1 Å². The lowest BCUT2D eigenvalue weighted by Gasteiger charge is -2.30. The topological polar surface area (TPSA) is 66.5 Å². The molecule has 1 aromatic rings. The number of ether oxygens (including phenoxy) is 1.